The Morgan fingerprint density at radius 2 is 1.52 bits per heavy atom. The van der Waals surface area contributed by atoms with E-state index in [1.54, 1.807) is 27.9 Å². The summed E-state index contributed by atoms with van der Waals surface area (Å²) in [6.07, 6.45) is 71.8. The summed E-state index contributed by atoms with van der Waals surface area (Å²) in [4.78, 5) is 4.19. The number of thiophene rings is 1. The number of rotatable bonds is 7. The molecular weight excluding hydrogens is 759 g/mol. The van der Waals surface area contributed by atoms with Crippen LogP contribution in [0, 0.1) is 23.7 Å². The van der Waals surface area contributed by atoms with E-state index >= 15 is 0 Å². The summed E-state index contributed by atoms with van der Waals surface area (Å²) in [6.45, 7) is 0. The second kappa shape index (κ2) is 16.0. The van der Waals surface area contributed by atoms with E-state index in [0.717, 1.165) is 51.4 Å². The minimum absolute atomic E-state index is 0.126. The normalized spacial score (nSPS) is 30.5. The summed E-state index contributed by atoms with van der Waals surface area (Å²) in [7, 11) is 0. The lowest BCUT2D eigenvalue weighted by Gasteiger charge is -2.38. The lowest BCUT2D eigenvalue weighted by Crippen LogP contribution is -2.34. The number of hydrogen-bond donors (Lipinski definition) is 0. The lowest BCUT2D eigenvalue weighted by atomic mass is 9.78. The Labute approximate surface area is 366 Å². The maximum absolute atomic E-state index is 6.75. The van der Waals surface area contributed by atoms with Crippen molar-refractivity contribution in [2.24, 2.45) is 23.7 Å². The van der Waals surface area contributed by atoms with Crippen LogP contribution in [-0.2, 0) is 11.2 Å². The van der Waals surface area contributed by atoms with Gasteiger partial charge in [-0.15, -0.1) is 11.3 Å². The first kappa shape index (κ1) is 37.6. The van der Waals surface area contributed by atoms with Crippen LogP contribution in [0.25, 0.3) is 18.2 Å². The minimum atomic E-state index is 0.126. The SMILES string of the molecule is C1=CCC(C2=CCCC3=C2OC2C=CC([C@H]4C=CC(N(C5=CC=C(C6=CC7=C(C=CCC7)CC6)CC5)C5C=CC(C6C=c7c8c(sc7=CC6)C=CCC8)=CC5)=CC4)=CC32)C=C1. The zero-order valence-corrected chi connectivity index (χ0v) is 36.2. The average Bonchev–Trinajstić information content (AvgIpc) is 3.90. The average molecular weight is 816 g/mol. The van der Waals surface area contributed by atoms with Crippen LogP contribution >= 0.6 is 11.3 Å². The Bertz CT molecular complexity index is 2710. The van der Waals surface area contributed by atoms with Gasteiger partial charge in [-0.1, -0.05) is 115 Å². The first-order valence-corrected chi connectivity index (χ1v) is 24.4. The second-order valence-electron chi connectivity index (χ2n) is 18.8. The third-order valence-electron chi connectivity index (χ3n) is 15.3. The van der Waals surface area contributed by atoms with Crippen molar-refractivity contribution >= 4 is 29.6 Å². The van der Waals surface area contributed by atoms with Gasteiger partial charge in [-0.25, -0.2) is 0 Å². The molecule has 12 rings (SSSR count). The summed E-state index contributed by atoms with van der Waals surface area (Å²) in [6, 6.07) is 0.300. The molecule has 0 N–H and O–H groups in total. The largest absolute Gasteiger partial charge is 0.485 e. The van der Waals surface area contributed by atoms with Crippen molar-refractivity contribution in [3.8, 4) is 0 Å². The fourth-order valence-electron chi connectivity index (χ4n) is 12.0. The van der Waals surface area contributed by atoms with Crippen LogP contribution in [0.1, 0.15) is 93.9 Å². The molecule has 10 aliphatic carbocycles. The molecule has 0 aromatic carbocycles. The van der Waals surface area contributed by atoms with E-state index in [9.17, 15) is 0 Å². The molecule has 0 saturated heterocycles. The molecule has 61 heavy (non-hydrogen) atoms. The quantitative estimate of drug-likeness (QED) is 0.272. The predicted octanol–water partition coefficient (Wildman–Crippen LogP) is 12.9. The molecule has 0 radical (unpaired) electrons. The molecule has 0 amide bonds. The highest BCUT2D eigenvalue weighted by molar-refractivity contribution is 7.11. The van der Waals surface area contributed by atoms with Gasteiger partial charge in [0.2, 0.25) is 0 Å². The summed E-state index contributed by atoms with van der Waals surface area (Å²) >= 11 is 1.99. The van der Waals surface area contributed by atoms with E-state index < -0.39 is 0 Å². The molecule has 0 bridgehead atoms. The van der Waals surface area contributed by atoms with Gasteiger partial charge in [-0.05, 0) is 170 Å². The van der Waals surface area contributed by atoms with Crippen molar-refractivity contribution in [3.05, 3.63) is 203 Å². The van der Waals surface area contributed by atoms with E-state index in [0.29, 0.717) is 29.7 Å². The number of fused-ring (bicyclic) bond motifs is 5. The molecule has 11 aliphatic rings. The zero-order chi connectivity index (χ0) is 40.3. The Hall–Kier alpha value is -5.12. The second-order valence-corrected chi connectivity index (χ2v) is 19.9. The molecule has 1 aromatic rings. The molecule has 3 heteroatoms. The van der Waals surface area contributed by atoms with E-state index in [1.165, 1.54) is 92.6 Å². The van der Waals surface area contributed by atoms with Crippen molar-refractivity contribution in [2.45, 2.75) is 102 Å². The van der Waals surface area contributed by atoms with Gasteiger partial charge in [0.1, 0.15) is 11.9 Å². The van der Waals surface area contributed by atoms with E-state index in [-0.39, 0.29) is 6.10 Å². The van der Waals surface area contributed by atoms with Crippen molar-refractivity contribution in [1.82, 2.24) is 4.90 Å². The van der Waals surface area contributed by atoms with E-state index in [4.69, 9.17) is 4.74 Å². The van der Waals surface area contributed by atoms with Crippen molar-refractivity contribution in [1.29, 1.82) is 0 Å². The van der Waals surface area contributed by atoms with Gasteiger partial charge in [0, 0.05) is 44.5 Å². The smallest absolute Gasteiger partial charge is 0.127 e. The Kier molecular flexibility index (Phi) is 9.85. The van der Waals surface area contributed by atoms with E-state index in [1.807, 2.05) is 11.3 Å². The molecule has 6 atom stereocenters. The zero-order valence-electron chi connectivity index (χ0n) is 35.4. The molecule has 306 valence electrons. The molecule has 0 spiro atoms. The highest BCUT2D eigenvalue weighted by Crippen LogP contribution is 2.48. The summed E-state index contributed by atoms with van der Waals surface area (Å²) < 4.78 is 8.24. The summed E-state index contributed by atoms with van der Waals surface area (Å²) in [5, 5.41) is 1.52. The molecule has 2 heterocycles. The number of ether oxygens (including phenoxy) is 1. The standard InChI is InChI=1S/C58H57NOS/c1-2-10-42(11-3-1)50-14-8-15-52-53-36-45(25-33-55(53)60-58(50)52)40-21-29-48(30-22-40)59(47-27-19-39(20-28-47)44-18-17-38-9-4-5-12-43(38)35-44)49-31-23-41(24-32-49)46-26-34-57-54(37-46)51-13-6-7-16-56(51)61-57/h1-4,7,9-10,14,16,19,21,23-25,27,29-31,33-37,40,42,46,49,53,55H,5-6,8,11-13,15,17-18,20,22,26,28,32H2/t40-,42?,46?,49?,53?,55?/m0/s1. The molecule has 1 aromatic heterocycles. The van der Waals surface area contributed by atoms with Gasteiger partial charge in [0.15, 0.2) is 0 Å². The lowest BCUT2D eigenvalue weighted by molar-refractivity contribution is 0.167. The highest BCUT2D eigenvalue weighted by atomic mass is 32.1. The van der Waals surface area contributed by atoms with Crippen LogP contribution in [-0.4, -0.2) is 17.0 Å². The van der Waals surface area contributed by atoms with Crippen LogP contribution in [0.15, 0.2) is 183 Å². The molecule has 5 unspecified atom stereocenters. The monoisotopic (exact) mass is 815 g/mol. The molecule has 1 aliphatic heterocycles. The van der Waals surface area contributed by atoms with Gasteiger partial charge >= 0.3 is 0 Å². The van der Waals surface area contributed by atoms with Crippen molar-refractivity contribution in [3.63, 3.8) is 0 Å². The maximum Gasteiger partial charge on any atom is 0.127 e. The third kappa shape index (κ3) is 7.02. The van der Waals surface area contributed by atoms with Crippen molar-refractivity contribution in [2.75, 3.05) is 0 Å². The summed E-state index contributed by atoms with van der Waals surface area (Å²) in [5.74, 6) is 2.82. The first-order valence-electron chi connectivity index (χ1n) is 23.6. The van der Waals surface area contributed by atoms with Gasteiger partial charge < -0.3 is 9.64 Å². The van der Waals surface area contributed by atoms with Gasteiger partial charge in [-0.3, -0.25) is 0 Å². The van der Waals surface area contributed by atoms with Crippen LogP contribution in [0.5, 0.6) is 0 Å². The fraction of sp³-hybridized carbons (Fsp3) is 0.345. The van der Waals surface area contributed by atoms with Gasteiger partial charge in [0.05, 0.1) is 6.04 Å². The Balaban J connectivity index is 0.806. The topological polar surface area (TPSA) is 12.5 Å². The Morgan fingerprint density at radius 3 is 2.39 bits per heavy atom. The van der Waals surface area contributed by atoms with Gasteiger partial charge in [0.25, 0.3) is 0 Å². The van der Waals surface area contributed by atoms with Crippen LogP contribution in [0.3, 0.4) is 0 Å². The molecule has 2 nitrogen and oxygen atoms in total. The van der Waals surface area contributed by atoms with Crippen molar-refractivity contribution < 1.29 is 4.74 Å². The number of allylic oxidation sites excluding steroid dienone is 24. The first-order chi connectivity index (χ1) is 30.2. The minimum Gasteiger partial charge on any atom is -0.485 e. The third-order valence-corrected chi connectivity index (χ3v) is 16.5. The van der Waals surface area contributed by atoms with E-state index in [2.05, 4.69) is 145 Å². The maximum atomic E-state index is 6.75. The molecule has 0 saturated carbocycles. The Morgan fingerprint density at radius 1 is 0.607 bits per heavy atom. The highest BCUT2D eigenvalue weighted by Gasteiger charge is 2.40. The van der Waals surface area contributed by atoms with Gasteiger partial charge in [-0.2, -0.15) is 0 Å². The summed E-state index contributed by atoms with van der Waals surface area (Å²) in [5.41, 5.74) is 16.5. The molecular formula is C58H57NOS. The number of nitrogens with zero attached hydrogens (tertiary/aromatic N) is 1. The molecule has 0 fully saturated rings. The van der Waals surface area contributed by atoms with Crippen LogP contribution in [0.2, 0.25) is 0 Å². The van der Waals surface area contributed by atoms with Crippen LogP contribution < -0.4 is 9.75 Å². The fourth-order valence-corrected chi connectivity index (χ4v) is 13.2. The van der Waals surface area contributed by atoms with Crippen LogP contribution in [0.4, 0.5) is 0 Å². The number of hydrogen-bond acceptors (Lipinski definition) is 3. The predicted molar refractivity (Wildman–Crippen MR) is 255 cm³/mol.